The summed E-state index contributed by atoms with van der Waals surface area (Å²) in [5, 5.41) is 0. The van der Waals surface area contributed by atoms with Crippen molar-refractivity contribution in [1.82, 2.24) is 4.90 Å². The quantitative estimate of drug-likeness (QED) is 0.828. The Balaban J connectivity index is 2.02. The molecule has 138 valence electrons. The zero-order valence-corrected chi connectivity index (χ0v) is 16.0. The summed E-state index contributed by atoms with van der Waals surface area (Å²) in [6.45, 7) is 5.00. The van der Waals surface area contributed by atoms with E-state index < -0.39 is 0 Å². The van der Waals surface area contributed by atoms with Gasteiger partial charge < -0.3 is 18.9 Å². The molecule has 0 N–H and O–H groups in total. The lowest BCUT2D eigenvalue weighted by molar-refractivity contribution is 0.0328. The number of benzene rings is 2. The van der Waals surface area contributed by atoms with Gasteiger partial charge >= 0.3 is 0 Å². The number of likely N-dealkylation sites (N-methyl/N-ethyl adjacent to an activating group) is 1. The Morgan fingerprint density at radius 3 is 2.65 bits per heavy atom. The van der Waals surface area contributed by atoms with E-state index in [9.17, 15) is 0 Å². The van der Waals surface area contributed by atoms with Gasteiger partial charge in [-0.25, -0.2) is 0 Å². The first-order chi connectivity index (χ1) is 12.5. The fourth-order valence-electron chi connectivity index (χ4n) is 3.85. The minimum absolute atomic E-state index is 0.0702. The molecule has 1 unspecified atom stereocenters. The van der Waals surface area contributed by atoms with E-state index in [0.29, 0.717) is 0 Å². The molecule has 2 aromatic rings. The second kappa shape index (κ2) is 6.40. The van der Waals surface area contributed by atoms with Crippen molar-refractivity contribution in [3.05, 3.63) is 35.4 Å². The molecule has 4 rings (SSSR count). The molecule has 0 fully saturated rings. The molecule has 0 aromatic heterocycles. The summed E-state index contributed by atoms with van der Waals surface area (Å²) >= 11 is 0. The summed E-state index contributed by atoms with van der Waals surface area (Å²) in [4.78, 5) is 2.24. The third kappa shape index (κ3) is 2.58. The summed E-state index contributed by atoms with van der Waals surface area (Å²) in [6, 6.07) is 8.02. The van der Waals surface area contributed by atoms with Crippen LogP contribution in [0.1, 0.15) is 31.2 Å². The summed E-state index contributed by atoms with van der Waals surface area (Å²) < 4.78 is 23.7. The molecule has 5 nitrogen and oxygen atoms in total. The van der Waals surface area contributed by atoms with Crippen LogP contribution in [-0.2, 0) is 6.42 Å². The molecule has 2 heterocycles. The highest BCUT2D eigenvalue weighted by Crippen LogP contribution is 2.54. The van der Waals surface area contributed by atoms with Gasteiger partial charge in [0.2, 0.25) is 0 Å². The number of nitrogens with zero attached hydrogens (tertiary/aromatic N) is 1. The van der Waals surface area contributed by atoms with Gasteiger partial charge in [-0.05, 0) is 57.1 Å². The van der Waals surface area contributed by atoms with Gasteiger partial charge in [-0.3, -0.25) is 4.90 Å². The smallest absolute Gasteiger partial charge is 0.179 e. The molecule has 26 heavy (non-hydrogen) atoms. The van der Waals surface area contributed by atoms with Crippen LogP contribution in [-0.4, -0.2) is 38.8 Å². The molecular formula is C21H25NO4. The van der Waals surface area contributed by atoms with Crippen LogP contribution in [0.5, 0.6) is 23.0 Å². The molecule has 0 amide bonds. The fraction of sp³-hybridized carbons (Fsp3) is 0.429. The van der Waals surface area contributed by atoms with Crippen molar-refractivity contribution in [3.63, 3.8) is 0 Å². The Kier molecular flexibility index (Phi) is 4.19. The van der Waals surface area contributed by atoms with E-state index in [-0.39, 0.29) is 12.3 Å². The van der Waals surface area contributed by atoms with Crippen LogP contribution in [0.2, 0.25) is 0 Å². The highest BCUT2D eigenvalue weighted by atomic mass is 16.5. The van der Waals surface area contributed by atoms with E-state index in [1.165, 1.54) is 11.1 Å². The Hall–Kier alpha value is -2.40. The van der Waals surface area contributed by atoms with Crippen LogP contribution >= 0.6 is 0 Å². The SMILES string of the molecule is COc1ccc2c(c1)-c1c(OC)c(OC(C)C)cc3c1C(O2)N(C)CC3. The Labute approximate surface area is 154 Å². The predicted molar refractivity (Wildman–Crippen MR) is 100 cm³/mol. The van der Waals surface area contributed by atoms with Gasteiger partial charge in [-0.15, -0.1) is 0 Å². The fourth-order valence-corrected chi connectivity index (χ4v) is 3.85. The first kappa shape index (κ1) is 17.0. The molecule has 1 atom stereocenters. The molecule has 2 aliphatic heterocycles. The molecule has 0 saturated heterocycles. The van der Waals surface area contributed by atoms with Crippen molar-refractivity contribution in [1.29, 1.82) is 0 Å². The molecular weight excluding hydrogens is 330 g/mol. The lowest BCUT2D eigenvalue weighted by Gasteiger charge is -2.40. The number of hydrogen-bond donors (Lipinski definition) is 0. The zero-order valence-electron chi connectivity index (χ0n) is 16.0. The monoisotopic (exact) mass is 355 g/mol. The molecule has 2 aliphatic rings. The summed E-state index contributed by atoms with van der Waals surface area (Å²) in [5.41, 5.74) is 4.47. The first-order valence-electron chi connectivity index (χ1n) is 8.99. The molecule has 0 saturated carbocycles. The van der Waals surface area contributed by atoms with Gasteiger partial charge in [0, 0.05) is 23.2 Å². The second-order valence-electron chi connectivity index (χ2n) is 7.09. The van der Waals surface area contributed by atoms with Crippen LogP contribution in [0.15, 0.2) is 24.3 Å². The number of methoxy groups -OCH3 is 2. The highest BCUT2D eigenvalue weighted by Gasteiger charge is 2.38. The maximum Gasteiger partial charge on any atom is 0.179 e. The van der Waals surface area contributed by atoms with Gasteiger partial charge in [-0.2, -0.15) is 0 Å². The first-order valence-corrected chi connectivity index (χ1v) is 8.99. The third-order valence-electron chi connectivity index (χ3n) is 5.01. The van der Waals surface area contributed by atoms with E-state index >= 15 is 0 Å². The van der Waals surface area contributed by atoms with Gasteiger partial charge in [0.15, 0.2) is 17.7 Å². The average molecular weight is 355 g/mol. The van der Waals surface area contributed by atoms with Crippen molar-refractivity contribution < 1.29 is 18.9 Å². The largest absolute Gasteiger partial charge is 0.497 e. The van der Waals surface area contributed by atoms with Gasteiger partial charge in [0.1, 0.15) is 11.5 Å². The summed E-state index contributed by atoms with van der Waals surface area (Å²) in [5.74, 6) is 3.18. The van der Waals surface area contributed by atoms with Crippen LogP contribution < -0.4 is 18.9 Å². The topological polar surface area (TPSA) is 40.2 Å². The van der Waals surface area contributed by atoms with Crippen LogP contribution in [0.25, 0.3) is 11.1 Å². The van der Waals surface area contributed by atoms with E-state index in [4.69, 9.17) is 18.9 Å². The average Bonchev–Trinajstić information content (AvgIpc) is 2.63. The lowest BCUT2D eigenvalue weighted by Crippen LogP contribution is -2.37. The van der Waals surface area contributed by atoms with Crippen LogP contribution in [0.4, 0.5) is 0 Å². The number of fused-ring (bicyclic) bond motifs is 2. The maximum absolute atomic E-state index is 6.35. The molecule has 0 radical (unpaired) electrons. The normalized spacial score (nSPS) is 18.0. The number of hydrogen-bond acceptors (Lipinski definition) is 5. The van der Waals surface area contributed by atoms with Gasteiger partial charge in [0.25, 0.3) is 0 Å². The zero-order chi connectivity index (χ0) is 18.4. The standard InChI is InChI=1S/C21H25NO4/c1-12(2)25-17-10-13-8-9-22(3)21-18(13)19(20(17)24-5)15-11-14(23-4)6-7-16(15)26-21/h6-7,10-12,21H,8-9H2,1-5H3. The van der Waals surface area contributed by atoms with Crippen molar-refractivity contribution >= 4 is 0 Å². The minimum atomic E-state index is -0.114. The van der Waals surface area contributed by atoms with E-state index in [1.54, 1.807) is 14.2 Å². The van der Waals surface area contributed by atoms with Gasteiger partial charge in [-0.1, -0.05) is 0 Å². The van der Waals surface area contributed by atoms with Crippen LogP contribution in [0, 0.1) is 0 Å². The highest BCUT2D eigenvalue weighted by molar-refractivity contribution is 5.85. The van der Waals surface area contributed by atoms with Crippen molar-refractivity contribution in [2.24, 2.45) is 0 Å². The Morgan fingerprint density at radius 2 is 1.96 bits per heavy atom. The maximum atomic E-state index is 6.35. The molecule has 0 bridgehead atoms. The molecule has 0 aliphatic carbocycles. The van der Waals surface area contributed by atoms with Gasteiger partial charge in [0.05, 0.1) is 20.3 Å². The predicted octanol–water partition coefficient (Wildman–Crippen LogP) is 4.04. The second-order valence-corrected chi connectivity index (χ2v) is 7.09. The van der Waals surface area contributed by atoms with E-state index in [1.807, 2.05) is 32.0 Å². The van der Waals surface area contributed by atoms with E-state index in [0.717, 1.165) is 47.1 Å². The third-order valence-corrected chi connectivity index (χ3v) is 5.01. The van der Waals surface area contributed by atoms with Crippen molar-refractivity contribution in [2.45, 2.75) is 32.6 Å². The minimum Gasteiger partial charge on any atom is -0.497 e. The lowest BCUT2D eigenvalue weighted by atomic mass is 9.86. The number of rotatable bonds is 4. The summed E-state index contributed by atoms with van der Waals surface area (Å²) in [7, 11) is 5.46. The Bertz CT molecular complexity index is 846. The molecule has 0 spiro atoms. The Morgan fingerprint density at radius 1 is 1.15 bits per heavy atom. The number of ether oxygens (including phenoxy) is 4. The van der Waals surface area contributed by atoms with Crippen molar-refractivity contribution in [3.8, 4) is 34.1 Å². The van der Waals surface area contributed by atoms with Crippen molar-refractivity contribution in [2.75, 3.05) is 27.8 Å². The summed E-state index contributed by atoms with van der Waals surface area (Å²) in [6.07, 6.45) is 0.911. The molecule has 5 heteroatoms. The van der Waals surface area contributed by atoms with Crippen LogP contribution in [0.3, 0.4) is 0 Å². The molecule has 2 aromatic carbocycles. The van der Waals surface area contributed by atoms with E-state index in [2.05, 4.69) is 18.0 Å².